The standard InChI is InChI=1S/C9H6F8O4/c10-4(1-5(11)12)2-20-7(3-19-6(18)21-7)8(13,14)9(15,16)17/h1,5H,2-3H2/b4-1+. The molecule has 0 aromatic rings. The van der Waals surface area contributed by atoms with Crippen molar-refractivity contribution in [2.24, 2.45) is 0 Å². The molecule has 0 amide bonds. The van der Waals surface area contributed by atoms with Crippen molar-refractivity contribution in [2.45, 2.75) is 24.3 Å². The van der Waals surface area contributed by atoms with Crippen LogP contribution in [0.3, 0.4) is 0 Å². The van der Waals surface area contributed by atoms with E-state index < -0.39 is 49.5 Å². The molecule has 1 rings (SSSR count). The molecular weight excluding hydrogens is 324 g/mol. The van der Waals surface area contributed by atoms with Gasteiger partial charge in [-0.05, 0) is 0 Å². The second-order valence-corrected chi connectivity index (χ2v) is 3.70. The Bertz CT molecular complexity index is 432. The second-order valence-electron chi connectivity index (χ2n) is 3.70. The fourth-order valence-corrected chi connectivity index (χ4v) is 1.25. The van der Waals surface area contributed by atoms with E-state index in [2.05, 4.69) is 14.2 Å². The summed E-state index contributed by atoms with van der Waals surface area (Å²) in [5, 5.41) is 0. The summed E-state index contributed by atoms with van der Waals surface area (Å²) in [6, 6.07) is 0. The van der Waals surface area contributed by atoms with Crippen molar-refractivity contribution >= 4 is 6.16 Å². The minimum atomic E-state index is -6.22. The number of alkyl halides is 7. The lowest BCUT2D eigenvalue weighted by molar-refractivity contribution is -0.392. The highest BCUT2D eigenvalue weighted by molar-refractivity contribution is 5.62. The number of carbonyl (C=O) groups excluding carboxylic acids is 1. The maximum atomic E-state index is 13.3. The van der Waals surface area contributed by atoms with Crippen LogP contribution in [0.4, 0.5) is 39.9 Å². The van der Waals surface area contributed by atoms with Crippen molar-refractivity contribution in [3.05, 3.63) is 11.9 Å². The number of hydrogen-bond acceptors (Lipinski definition) is 4. The Labute approximate surface area is 111 Å². The summed E-state index contributed by atoms with van der Waals surface area (Å²) in [6.07, 6.45) is -11.8. The van der Waals surface area contributed by atoms with Crippen molar-refractivity contribution in [2.75, 3.05) is 13.2 Å². The molecule has 12 heteroatoms. The van der Waals surface area contributed by atoms with E-state index in [9.17, 15) is 39.9 Å². The number of halogens is 8. The number of hydrogen-bond donors (Lipinski definition) is 0. The summed E-state index contributed by atoms with van der Waals surface area (Å²) in [5.74, 6) is -11.6. The van der Waals surface area contributed by atoms with Gasteiger partial charge in [-0.1, -0.05) is 0 Å². The van der Waals surface area contributed by atoms with Crippen molar-refractivity contribution in [1.29, 1.82) is 0 Å². The minimum absolute atomic E-state index is 0.378. The van der Waals surface area contributed by atoms with Gasteiger partial charge in [-0.2, -0.15) is 22.0 Å². The topological polar surface area (TPSA) is 44.8 Å². The van der Waals surface area contributed by atoms with Gasteiger partial charge in [0.25, 0.3) is 6.43 Å². The molecule has 0 saturated carbocycles. The molecule has 1 saturated heterocycles. The summed E-state index contributed by atoms with van der Waals surface area (Å²) in [4.78, 5) is 10.6. The lowest BCUT2D eigenvalue weighted by Crippen LogP contribution is -2.60. The van der Waals surface area contributed by atoms with Crippen LogP contribution in [0.2, 0.25) is 0 Å². The molecule has 1 atom stereocenters. The van der Waals surface area contributed by atoms with Gasteiger partial charge in [0, 0.05) is 6.08 Å². The maximum Gasteiger partial charge on any atom is 0.511 e. The Balaban J connectivity index is 2.99. The van der Waals surface area contributed by atoms with Crippen LogP contribution in [-0.2, 0) is 14.2 Å². The number of ether oxygens (including phenoxy) is 3. The van der Waals surface area contributed by atoms with Gasteiger partial charge >= 0.3 is 24.0 Å². The van der Waals surface area contributed by atoms with E-state index in [1.807, 2.05) is 0 Å². The molecule has 1 aliphatic rings. The SMILES string of the molecule is O=C1OCC(OC/C(F)=C\C(F)F)(C(F)(F)C(F)(F)F)O1. The Morgan fingerprint density at radius 1 is 1.33 bits per heavy atom. The molecule has 0 radical (unpaired) electrons. The number of rotatable bonds is 5. The summed E-state index contributed by atoms with van der Waals surface area (Å²) in [5.41, 5.74) is 0. The minimum Gasteiger partial charge on any atom is -0.427 e. The van der Waals surface area contributed by atoms with E-state index in [4.69, 9.17) is 0 Å². The zero-order valence-corrected chi connectivity index (χ0v) is 9.73. The molecule has 0 spiro atoms. The molecule has 1 fully saturated rings. The number of cyclic esters (lactones) is 2. The number of allylic oxidation sites excluding steroid dienone is 1. The van der Waals surface area contributed by atoms with E-state index in [1.165, 1.54) is 0 Å². The Morgan fingerprint density at radius 3 is 2.29 bits per heavy atom. The van der Waals surface area contributed by atoms with E-state index in [1.54, 1.807) is 0 Å². The predicted molar refractivity (Wildman–Crippen MR) is 47.3 cm³/mol. The van der Waals surface area contributed by atoms with Gasteiger partial charge in [0.2, 0.25) is 0 Å². The van der Waals surface area contributed by atoms with Crippen LogP contribution in [0.25, 0.3) is 0 Å². The average molecular weight is 330 g/mol. The van der Waals surface area contributed by atoms with Crippen LogP contribution in [0.1, 0.15) is 0 Å². The first-order chi connectivity index (χ1) is 9.41. The van der Waals surface area contributed by atoms with Crippen molar-refractivity contribution in [3.8, 4) is 0 Å². The molecule has 1 heterocycles. The summed E-state index contributed by atoms with van der Waals surface area (Å²) >= 11 is 0. The largest absolute Gasteiger partial charge is 0.511 e. The molecule has 4 nitrogen and oxygen atoms in total. The average Bonchev–Trinajstić information content (AvgIpc) is 2.67. The lowest BCUT2D eigenvalue weighted by Gasteiger charge is -2.33. The Hall–Kier alpha value is -1.59. The normalized spacial score (nSPS) is 24.2. The van der Waals surface area contributed by atoms with Crippen LogP contribution < -0.4 is 0 Å². The van der Waals surface area contributed by atoms with Gasteiger partial charge in [0.1, 0.15) is 12.4 Å². The monoisotopic (exact) mass is 330 g/mol. The summed E-state index contributed by atoms with van der Waals surface area (Å²) in [7, 11) is 0. The molecule has 1 unspecified atom stereocenters. The molecular formula is C9H6F8O4. The van der Waals surface area contributed by atoms with Crippen LogP contribution in [0.5, 0.6) is 0 Å². The van der Waals surface area contributed by atoms with Crippen LogP contribution in [0, 0.1) is 0 Å². The van der Waals surface area contributed by atoms with Crippen LogP contribution >= 0.6 is 0 Å². The van der Waals surface area contributed by atoms with Gasteiger partial charge in [-0.15, -0.1) is 0 Å². The first-order valence-corrected chi connectivity index (χ1v) is 5.00. The summed E-state index contributed by atoms with van der Waals surface area (Å²) in [6.45, 7) is -3.40. The maximum absolute atomic E-state index is 13.3. The molecule has 0 N–H and O–H groups in total. The first-order valence-electron chi connectivity index (χ1n) is 5.00. The highest BCUT2D eigenvalue weighted by Gasteiger charge is 2.76. The molecule has 0 aromatic carbocycles. The smallest absolute Gasteiger partial charge is 0.427 e. The highest BCUT2D eigenvalue weighted by Crippen LogP contribution is 2.48. The van der Waals surface area contributed by atoms with E-state index >= 15 is 0 Å². The molecule has 0 aromatic heterocycles. The van der Waals surface area contributed by atoms with Gasteiger partial charge in [0.15, 0.2) is 6.61 Å². The Morgan fingerprint density at radius 2 is 1.90 bits per heavy atom. The zero-order valence-electron chi connectivity index (χ0n) is 9.73. The van der Waals surface area contributed by atoms with Gasteiger partial charge in [0.05, 0.1) is 0 Å². The highest BCUT2D eigenvalue weighted by atomic mass is 19.4. The molecule has 1 aliphatic heterocycles. The summed E-state index contributed by atoms with van der Waals surface area (Å²) < 4.78 is 111. The van der Waals surface area contributed by atoms with Crippen molar-refractivity contribution in [3.63, 3.8) is 0 Å². The van der Waals surface area contributed by atoms with Crippen molar-refractivity contribution < 1.29 is 54.1 Å². The van der Waals surface area contributed by atoms with Crippen molar-refractivity contribution in [1.82, 2.24) is 0 Å². The molecule has 122 valence electrons. The fraction of sp³-hybridized carbons (Fsp3) is 0.667. The fourth-order valence-electron chi connectivity index (χ4n) is 1.25. The van der Waals surface area contributed by atoms with Crippen LogP contribution in [-0.4, -0.2) is 43.7 Å². The molecule has 0 bridgehead atoms. The van der Waals surface area contributed by atoms with Gasteiger partial charge < -0.3 is 14.2 Å². The lowest BCUT2D eigenvalue weighted by atomic mass is 10.1. The van der Waals surface area contributed by atoms with E-state index in [-0.39, 0.29) is 6.08 Å². The third kappa shape index (κ3) is 3.54. The third-order valence-electron chi connectivity index (χ3n) is 2.21. The third-order valence-corrected chi connectivity index (χ3v) is 2.21. The number of carbonyl (C=O) groups is 1. The molecule has 21 heavy (non-hydrogen) atoms. The zero-order chi connectivity index (χ0) is 16.5. The predicted octanol–water partition coefficient (Wildman–Crippen LogP) is 3.18. The van der Waals surface area contributed by atoms with E-state index in [0.717, 1.165) is 0 Å². The van der Waals surface area contributed by atoms with E-state index in [0.29, 0.717) is 0 Å². The Kier molecular flexibility index (Phi) is 4.70. The van der Waals surface area contributed by atoms with Crippen LogP contribution in [0.15, 0.2) is 11.9 Å². The molecule has 0 aliphatic carbocycles. The second kappa shape index (κ2) is 5.66. The quantitative estimate of drug-likeness (QED) is 0.574. The van der Waals surface area contributed by atoms with Gasteiger partial charge in [-0.25, -0.2) is 18.0 Å². The van der Waals surface area contributed by atoms with Gasteiger partial charge in [-0.3, -0.25) is 0 Å². The first kappa shape index (κ1) is 17.5.